The summed E-state index contributed by atoms with van der Waals surface area (Å²) in [4.78, 5) is 3.68. The molecule has 0 aliphatic heterocycles. The Hall–Kier alpha value is -2.15. The molecule has 2 aromatic rings. The third-order valence-electron chi connectivity index (χ3n) is 2.93. The molecule has 0 radical (unpaired) electrons. The highest BCUT2D eigenvalue weighted by Crippen LogP contribution is 2.29. The molecule has 0 aliphatic carbocycles. The second kappa shape index (κ2) is 5.69. The van der Waals surface area contributed by atoms with E-state index in [1.165, 1.54) is 6.07 Å². The fourth-order valence-corrected chi connectivity index (χ4v) is 1.92. The van der Waals surface area contributed by atoms with Crippen LogP contribution >= 0.6 is 0 Å². The maximum absolute atomic E-state index is 12.7. The molecule has 0 spiro atoms. The van der Waals surface area contributed by atoms with Crippen LogP contribution < -0.4 is 5.73 Å². The second-order valence-corrected chi connectivity index (χ2v) is 4.73. The fourth-order valence-electron chi connectivity index (χ4n) is 1.92. The van der Waals surface area contributed by atoms with E-state index in [0.717, 1.165) is 11.6 Å². The van der Waals surface area contributed by atoms with Crippen LogP contribution in [0.3, 0.4) is 0 Å². The standard InChI is InChI=1S/C14H15F3N4/c1-9(2)13-11(3-4-12(20-13)14(15,16)17)8-21-7-10(5-18)6-19-21/h3-4,6-7H,1,5,8,18H2,2H3. The Kier molecular flexibility index (Phi) is 4.13. The van der Waals surface area contributed by atoms with Gasteiger partial charge in [0.05, 0.1) is 18.4 Å². The molecule has 2 aromatic heterocycles. The molecule has 0 amide bonds. The molecular formula is C14H15F3N4. The van der Waals surface area contributed by atoms with Gasteiger partial charge in [0.2, 0.25) is 0 Å². The molecule has 0 saturated heterocycles. The molecule has 7 heteroatoms. The topological polar surface area (TPSA) is 56.7 Å². The van der Waals surface area contributed by atoms with Crippen LogP contribution in [-0.2, 0) is 19.3 Å². The highest BCUT2D eigenvalue weighted by Gasteiger charge is 2.33. The smallest absolute Gasteiger partial charge is 0.326 e. The van der Waals surface area contributed by atoms with Gasteiger partial charge in [0.15, 0.2) is 0 Å². The number of nitrogens with zero attached hydrogens (tertiary/aromatic N) is 3. The quantitative estimate of drug-likeness (QED) is 0.944. The van der Waals surface area contributed by atoms with E-state index in [0.29, 0.717) is 24.2 Å². The third kappa shape index (κ3) is 3.49. The molecule has 2 N–H and O–H groups in total. The lowest BCUT2D eigenvalue weighted by Gasteiger charge is -2.12. The molecule has 0 saturated carbocycles. The molecular weight excluding hydrogens is 281 g/mol. The number of allylic oxidation sites excluding steroid dienone is 1. The molecule has 0 bridgehead atoms. The predicted octanol–water partition coefficient (Wildman–Crippen LogP) is 2.84. The monoisotopic (exact) mass is 296 g/mol. The Morgan fingerprint density at radius 2 is 2.10 bits per heavy atom. The van der Waals surface area contributed by atoms with E-state index >= 15 is 0 Å². The first-order chi connectivity index (χ1) is 9.81. The van der Waals surface area contributed by atoms with Crippen molar-refractivity contribution in [1.82, 2.24) is 14.8 Å². The summed E-state index contributed by atoms with van der Waals surface area (Å²) < 4.78 is 39.8. The number of nitrogens with two attached hydrogens (primary N) is 1. The van der Waals surface area contributed by atoms with E-state index in [9.17, 15) is 13.2 Å². The van der Waals surface area contributed by atoms with Crippen LogP contribution in [0, 0.1) is 0 Å². The van der Waals surface area contributed by atoms with Gasteiger partial charge in [-0.1, -0.05) is 12.6 Å². The van der Waals surface area contributed by atoms with E-state index in [2.05, 4.69) is 16.7 Å². The van der Waals surface area contributed by atoms with E-state index < -0.39 is 11.9 Å². The Morgan fingerprint density at radius 3 is 2.62 bits per heavy atom. The number of rotatable bonds is 4. The van der Waals surface area contributed by atoms with Crippen molar-refractivity contribution in [2.24, 2.45) is 5.73 Å². The fraction of sp³-hybridized carbons (Fsp3) is 0.286. The van der Waals surface area contributed by atoms with Crippen LogP contribution in [0.5, 0.6) is 0 Å². The lowest BCUT2D eigenvalue weighted by atomic mass is 10.1. The molecule has 2 heterocycles. The molecule has 0 fully saturated rings. The van der Waals surface area contributed by atoms with Crippen LogP contribution in [0.2, 0.25) is 0 Å². The van der Waals surface area contributed by atoms with E-state index in [1.54, 1.807) is 24.0 Å². The zero-order chi connectivity index (χ0) is 15.6. The van der Waals surface area contributed by atoms with Gasteiger partial charge in [0, 0.05) is 18.3 Å². The van der Waals surface area contributed by atoms with Crippen LogP contribution in [0.25, 0.3) is 5.57 Å². The minimum atomic E-state index is -4.47. The van der Waals surface area contributed by atoms with Crippen molar-refractivity contribution in [3.8, 4) is 0 Å². The lowest BCUT2D eigenvalue weighted by Crippen LogP contribution is -2.12. The average molecular weight is 296 g/mol. The minimum Gasteiger partial charge on any atom is -0.326 e. The normalized spacial score (nSPS) is 11.7. The van der Waals surface area contributed by atoms with Crippen LogP contribution in [0.1, 0.15) is 29.4 Å². The SMILES string of the molecule is C=C(C)c1nc(C(F)(F)F)ccc1Cn1cc(CN)cn1. The maximum Gasteiger partial charge on any atom is 0.433 e. The van der Waals surface area contributed by atoms with Crippen LogP contribution in [0.4, 0.5) is 13.2 Å². The zero-order valence-corrected chi connectivity index (χ0v) is 11.5. The largest absolute Gasteiger partial charge is 0.433 e. The summed E-state index contributed by atoms with van der Waals surface area (Å²) >= 11 is 0. The van der Waals surface area contributed by atoms with Gasteiger partial charge < -0.3 is 5.73 Å². The molecule has 4 nitrogen and oxygen atoms in total. The number of halogens is 3. The van der Waals surface area contributed by atoms with Crippen molar-refractivity contribution in [3.05, 3.63) is 53.6 Å². The number of hydrogen-bond acceptors (Lipinski definition) is 3. The number of pyridine rings is 1. The average Bonchev–Trinajstić information content (AvgIpc) is 2.85. The van der Waals surface area contributed by atoms with Gasteiger partial charge in [-0.05, 0) is 24.1 Å². The summed E-state index contributed by atoms with van der Waals surface area (Å²) in [5, 5.41) is 4.11. The summed E-state index contributed by atoms with van der Waals surface area (Å²) in [6.45, 7) is 5.99. The first kappa shape index (κ1) is 15.2. The van der Waals surface area contributed by atoms with Crippen molar-refractivity contribution in [2.75, 3.05) is 0 Å². The Labute approximate surface area is 120 Å². The number of aromatic nitrogens is 3. The Bertz CT molecular complexity index is 658. The first-order valence-electron chi connectivity index (χ1n) is 6.25. The van der Waals surface area contributed by atoms with Crippen molar-refractivity contribution in [2.45, 2.75) is 26.2 Å². The van der Waals surface area contributed by atoms with Crippen LogP contribution in [0.15, 0.2) is 31.1 Å². The van der Waals surface area contributed by atoms with Gasteiger partial charge in [0.1, 0.15) is 5.69 Å². The summed E-state index contributed by atoms with van der Waals surface area (Å²) in [6.07, 6.45) is -1.10. The van der Waals surface area contributed by atoms with Crippen LogP contribution in [-0.4, -0.2) is 14.8 Å². The van der Waals surface area contributed by atoms with Crippen molar-refractivity contribution in [3.63, 3.8) is 0 Å². The zero-order valence-electron chi connectivity index (χ0n) is 11.5. The van der Waals surface area contributed by atoms with E-state index in [1.807, 2.05) is 0 Å². The molecule has 112 valence electrons. The van der Waals surface area contributed by atoms with Crippen molar-refractivity contribution < 1.29 is 13.2 Å². The molecule has 0 aliphatic rings. The lowest BCUT2D eigenvalue weighted by molar-refractivity contribution is -0.141. The maximum atomic E-state index is 12.7. The van der Waals surface area contributed by atoms with Gasteiger partial charge >= 0.3 is 6.18 Å². The Balaban J connectivity index is 2.36. The van der Waals surface area contributed by atoms with Gasteiger partial charge in [0.25, 0.3) is 0 Å². The number of hydrogen-bond donors (Lipinski definition) is 1. The molecule has 0 aromatic carbocycles. The Morgan fingerprint density at radius 1 is 1.38 bits per heavy atom. The van der Waals surface area contributed by atoms with E-state index in [4.69, 9.17) is 5.73 Å². The minimum absolute atomic E-state index is 0.245. The van der Waals surface area contributed by atoms with Gasteiger partial charge in [-0.2, -0.15) is 18.3 Å². The molecule has 0 unspecified atom stereocenters. The van der Waals surface area contributed by atoms with Gasteiger partial charge in [-0.3, -0.25) is 4.68 Å². The number of alkyl halides is 3. The highest BCUT2D eigenvalue weighted by molar-refractivity contribution is 5.61. The van der Waals surface area contributed by atoms with Crippen molar-refractivity contribution >= 4 is 5.57 Å². The van der Waals surface area contributed by atoms with Gasteiger partial charge in [-0.25, -0.2) is 4.98 Å². The second-order valence-electron chi connectivity index (χ2n) is 4.73. The molecule has 21 heavy (non-hydrogen) atoms. The predicted molar refractivity (Wildman–Crippen MR) is 73.2 cm³/mol. The van der Waals surface area contributed by atoms with E-state index in [-0.39, 0.29) is 5.69 Å². The molecule has 0 atom stereocenters. The summed E-state index contributed by atoms with van der Waals surface area (Å²) in [7, 11) is 0. The third-order valence-corrected chi connectivity index (χ3v) is 2.93. The van der Waals surface area contributed by atoms with Gasteiger partial charge in [-0.15, -0.1) is 0 Å². The first-order valence-corrected chi connectivity index (χ1v) is 6.25. The summed E-state index contributed by atoms with van der Waals surface area (Å²) in [5.74, 6) is 0. The highest BCUT2D eigenvalue weighted by atomic mass is 19.4. The summed E-state index contributed by atoms with van der Waals surface area (Å²) in [5.41, 5.74) is 6.77. The summed E-state index contributed by atoms with van der Waals surface area (Å²) in [6, 6.07) is 2.37. The molecule has 2 rings (SSSR count). The van der Waals surface area contributed by atoms with Crippen molar-refractivity contribution in [1.29, 1.82) is 0 Å².